The smallest absolute Gasteiger partial charge is 0.280 e. The van der Waals surface area contributed by atoms with Gasteiger partial charge >= 0.3 is 0 Å². The van der Waals surface area contributed by atoms with Crippen LogP contribution in [0, 0.1) is 16.7 Å². The third-order valence-electron chi connectivity index (χ3n) is 8.34. The third kappa shape index (κ3) is 7.55. The molecule has 0 radical (unpaired) electrons. The number of thiazole rings is 1. The summed E-state index contributed by atoms with van der Waals surface area (Å²) >= 11 is 1.52. The van der Waals surface area contributed by atoms with E-state index in [1.54, 1.807) is 26.8 Å². The highest BCUT2D eigenvalue weighted by atomic mass is 32.1. The number of unbranched alkanes of at least 4 members (excludes halogenated alkanes) is 2. The van der Waals surface area contributed by atoms with Gasteiger partial charge in [-0.05, 0) is 54.9 Å². The molecule has 1 N–H and O–H groups in total. The van der Waals surface area contributed by atoms with Crippen molar-refractivity contribution in [3.63, 3.8) is 0 Å². The molecule has 0 spiro atoms. The quantitative estimate of drug-likeness (QED) is 0.244. The Labute approximate surface area is 278 Å². The lowest BCUT2D eigenvalue weighted by Crippen LogP contribution is -2.55. The molecule has 0 saturated carbocycles. The topological polar surface area (TPSA) is 102 Å². The second kappa shape index (κ2) is 15.6. The Morgan fingerprint density at radius 3 is 2.09 bits per heavy atom. The third-order valence-corrected chi connectivity index (χ3v) is 9.40. The molecule has 8 nitrogen and oxygen atoms in total. The van der Waals surface area contributed by atoms with E-state index in [0.717, 1.165) is 89.0 Å². The summed E-state index contributed by atoms with van der Waals surface area (Å²) < 4.78 is 0.883. The molecule has 0 aliphatic carbocycles. The minimum Gasteiger partial charge on any atom is -0.492 e. The second-order valence-corrected chi connectivity index (χ2v) is 13.8. The van der Waals surface area contributed by atoms with E-state index in [9.17, 15) is 20.0 Å². The lowest BCUT2D eigenvalue weighted by atomic mass is 9.91. The van der Waals surface area contributed by atoms with Gasteiger partial charge in [0.25, 0.3) is 5.56 Å². The predicted molar refractivity (Wildman–Crippen MR) is 192 cm³/mol. The molecular formula is C37H51N5O3S. The maximum atomic E-state index is 14.2. The van der Waals surface area contributed by atoms with Crippen molar-refractivity contribution in [1.82, 2.24) is 9.66 Å². The second-order valence-electron chi connectivity index (χ2n) is 12.8. The fourth-order valence-electron chi connectivity index (χ4n) is 5.61. The Kier molecular flexibility index (Phi) is 12.4. The molecule has 0 unspecified atom stereocenters. The molecule has 1 aromatic carbocycles. The summed E-state index contributed by atoms with van der Waals surface area (Å²) in [5, 5.41) is 23.3. The number of anilines is 1. The number of hydrogen-bond acceptors (Lipinski definition) is 7. The fourth-order valence-corrected chi connectivity index (χ4v) is 6.67. The monoisotopic (exact) mass is 645 g/mol. The van der Waals surface area contributed by atoms with Crippen LogP contribution >= 0.6 is 11.3 Å². The molecule has 0 bridgehead atoms. The first kappa shape index (κ1) is 36.6. The van der Waals surface area contributed by atoms with E-state index in [1.165, 1.54) is 35.1 Å². The van der Waals surface area contributed by atoms with E-state index in [2.05, 4.69) is 58.2 Å². The first-order valence-corrected chi connectivity index (χ1v) is 17.4. The number of nitriles is 1. The number of aryl methyl sites for hydroxylation is 3. The van der Waals surface area contributed by atoms with Crippen molar-refractivity contribution in [1.29, 1.82) is 5.26 Å². The Bertz CT molecular complexity index is 1740. The van der Waals surface area contributed by atoms with Crippen molar-refractivity contribution in [3.05, 3.63) is 60.1 Å². The van der Waals surface area contributed by atoms with Gasteiger partial charge in [0.15, 0.2) is 5.13 Å². The summed E-state index contributed by atoms with van der Waals surface area (Å²) in [7, 11) is 1.42. The van der Waals surface area contributed by atoms with Crippen LogP contribution in [0.5, 0.6) is 5.88 Å². The molecule has 2 aromatic heterocycles. The number of carbonyl (C=O) groups excluding carboxylic acids is 1. The summed E-state index contributed by atoms with van der Waals surface area (Å²) in [6.07, 6.45) is 8.52. The SMILES string of the molecule is C=c1c(C#N)c(O)n(N(C)C(=O)C(C)(C)C)c(=O)/c1=C/c1sc(N(CCCC)CCCC)nc1-c1c(CC)cc(CC)cc1CC. The van der Waals surface area contributed by atoms with Crippen LogP contribution in [0.4, 0.5) is 5.13 Å². The summed E-state index contributed by atoms with van der Waals surface area (Å²) in [6.45, 7) is 21.8. The number of aromatic hydroxyl groups is 1. The molecule has 9 heteroatoms. The van der Waals surface area contributed by atoms with Crippen molar-refractivity contribution >= 4 is 35.0 Å². The van der Waals surface area contributed by atoms with Crippen molar-refractivity contribution in [2.24, 2.45) is 5.41 Å². The number of nitrogens with zero attached hydrogens (tertiary/aromatic N) is 5. The van der Waals surface area contributed by atoms with Crippen molar-refractivity contribution < 1.29 is 9.90 Å². The molecular weight excluding hydrogens is 595 g/mol. The number of hydrogen-bond donors (Lipinski definition) is 1. The Morgan fingerprint density at radius 1 is 1.07 bits per heavy atom. The fraction of sp³-hybridized carbons (Fsp3) is 0.514. The maximum absolute atomic E-state index is 14.2. The zero-order chi connectivity index (χ0) is 34.3. The highest BCUT2D eigenvalue weighted by Gasteiger charge is 2.29. The largest absolute Gasteiger partial charge is 0.492 e. The molecule has 46 heavy (non-hydrogen) atoms. The molecule has 0 aliphatic heterocycles. The van der Waals surface area contributed by atoms with Crippen LogP contribution in [0.25, 0.3) is 23.9 Å². The van der Waals surface area contributed by atoms with Crippen LogP contribution in [0.15, 0.2) is 16.9 Å². The minimum absolute atomic E-state index is 0.111. The Morgan fingerprint density at radius 2 is 1.63 bits per heavy atom. The number of carbonyl (C=O) groups is 1. The van der Waals surface area contributed by atoms with Crippen molar-refractivity contribution in [2.45, 2.75) is 100 Å². The van der Waals surface area contributed by atoms with Gasteiger partial charge in [0.1, 0.15) is 11.6 Å². The average molecular weight is 646 g/mol. The van der Waals surface area contributed by atoms with Crippen LogP contribution in [0.3, 0.4) is 0 Å². The number of pyridine rings is 1. The van der Waals surface area contributed by atoms with Gasteiger partial charge in [-0.1, -0.05) is 98.3 Å². The summed E-state index contributed by atoms with van der Waals surface area (Å²) in [6, 6.07) is 6.51. The molecule has 3 aromatic rings. The van der Waals surface area contributed by atoms with Gasteiger partial charge in [0, 0.05) is 36.3 Å². The minimum atomic E-state index is -0.835. The Balaban J connectivity index is 2.50. The highest BCUT2D eigenvalue weighted by Crippen LogP contribution is 2.38. The maximum Gasteiger partial charge on any atom is 0.280 e. The zero-order valence-electron chi connectivity index (χ0n) is 29.2. The lowest BCUT2D eigenvalue weighted by molar-refractivity contribution is -0.127. The molecule has 2 heterocycles. The standard InChI is InChI=1S/C37H51N5O3S/c1-11-16-18-41(19-17-12-2)36-39-32(31-26(14-4)20-25(13-3)21-27(31)15-5)30(46-36)22-28-24(6)29(23-38)34(44)42(33(28)43)40(10)35(45)37(7,8)9/h20-22,44H,6,11-19H2,1-5,7-10H3/b28-22+. The molecule has 0 aliphatic rings. The average Bonchev–Trinajstić information content (AvgIpc) is 3.44. The lowest BCUT2D eigenvalue weighted by Gasteiger charge is -2.27. The molecule has 1 amide bonds. The molecule has 0 saturated heterocycles. The van der Waals surface area contributed by atoms with E-state index >= 15 is 0 Å². The van der Waals surface area contributed by atoms with E-state index in [4.69, 9.17) is 4.98 Å². The zero-order valence-corrected chi connectivity index (χ0v) is 30.0. The number of rotatable bonds is 13. The van der Waals surface area contributed by atoms with E-state index in [1.807, 2.05) is 6.07 Å². The summed E-state index contributed by atoms with van der Waals surface area (Å²) in [4.78, 5) is 35.8. The van der Waals surface area contributed by atoms with Gasteiger partial charge in [-0.15, -0.1) is 0 Å². The van der Waals surface area contributed by atoms with Crippen molar-refractivity contribution in [3.8, 4) is 23.2 Å². The molecule has 0 fully saturated rings. The van der Waals surface area contributed by atoms with Gasteiger partial charge in [-0.25, -0.2) is 9.99 Å². The molecule has 248 valence electrons. The predicted octanol–water partition coefficient (Wildman–Crippen LogP) is 6.02. The van der Waals surface area contributed by atoms with Crippen LogP contribution in [-0.2, 0) is 24.1 Å². The normalized spacial score (nSPS) is 12.0. The van der Waals surface area contributed by atoms with Crippen LogP contribution in [0.2, 0.25) is 0 Å². The van der Waals surface area contributed by atoms with Crippen LogP contribution < -0.4 is 25.9 Å². The molecule has 3 rings (SSSR count). The summed E-state index contributed by atoms with van der Waals surface area (Å²) in [5.74, 6) is -1.00. The molecule has 0 atom stereocenters. The number of aromatic nitrogens is 2. The first-order valence-electron chi connectivity index (χ1n) is 16.6. The van der Waals surface area contributed by atoms with Gasteiger partial charge in [0.2, 0.25) is 11.8 Å². The van der Waals surface area contributed by atoms with Crippen LogP contribution in [0.1, 0.15) is 108 Å². The Hall–Kier alpha value is -3.90. The van der Waals surface area contributed by atoms with E-state index in [0.29, 0.717) is 0 Å². The number of benzene rings is 1. The van der Waals surface area contributed by atoms with Crippen molar-refractivity contribution in [2.75, 3.05) is 30.0 Å². The highest BCUT2D eigenvalue weighted by molar-refractivity contribution is 7.16. The van der Waals surface area contributed by atoms with Gasteiger partial charge < -0.3 is 10.0 Å². The first-order chi connectivity index (χ1) is 21.8. The van der Waals surface area contributed by atoms with Gasteiger partial charge in [-0.2, -0.15) is 9.94 Å². The van der Waals surface area contributed by atoms with Crippen LogP contribution in [-0.4, -0.2) is 40.8 Å². The van der Waals surface area contributed by atoms with E-state index < -0.39 is 22.8 Å². The van der Waals surface area contributed by atoms with Gasteiger partial charge in [-0.3, -0.25) is 9.59 Å². The summed E-state index contributed by atoms with van der Waals surface area (Å²) in [5.41, 5.74) is 3.91. The number of amides is 1. The van der Waals surface area contributed by atoms with Gasteiger partial charge in [0.05, 0.1) is 15.8 Å². The van der Waals surface area contributed by atoms with E-state index in [-0.39, 0.29) is 16.0 Å².